The smallest absolute Gasteiger partial charge is 0.174 e. The number of nitrogens with zero attached hydrogens (tertiary/aromatic N) is 1. The minimum atomic E-state index is 0. The van der Waals surface area contributed by atoms with Crippen molar-refractivity contribution in [3.05, 3.63) is 46.3 Å². The Labute approximate surface area is 146 Å². The van der Waals surface area contributed by atoms with Crippen molar-refractivity contribution in [1.29, 1.82) is 0 Å². The summed E-state index contributed by atoms with van der Waals surface area (Å²) in [5.41, 5.74) is 3.31. The number of aldehydes is 1. The molecule has 0 bridgehead atoms. The van der Waals surface area contributed by atoms with Crippen LogP contribution in [0.5, 0.6) is 0 Å². The molecule has 0 saturated carbocycles. The van der Waals surface area contributed by atoms with Gasteiger partial charge in [-0.05, 0) is 18.2 Å². The molecule has 1 aliphatic rings. The fourth-order valence-corrected chi connectivity index (χ4v) is 2.87. The maximum absolute atomic E-state index is 10.9. The molecule has 2 heterocycles. The lowest BCUT2D eigenvalue weighted by Gasteiger charge is -2.10. The number of allylic oxidation sites excluding steroid dienone is 2. The summed E-state index contributed by atoms with van der Waals surface area (Å²) >= 11 is 6.23. The van der Waals surface area contributed by atoms with Gasteiger partial charge in [-0.15, -0.1) is 0 Å². The number of carbonyl (C=O) groups is 1. The number of halogens is 2. The van der Waals surface area contributed by atoms with Gasteiger partial charge < -0.3 is 16.8 Å². The standard InChI is InChI=1S/C17H17ClN2O2.ClH/c1-10(2)16-7-12-5-14(18)6-13(17(12)22-16)8-20-11(3)4-15(9-21)19-20;/h4-7,9-10H,8H2,1-3H3;1H. The number of furan rings is 1. The van der Waals surface area contributed by atoms with Crippen LogP contribution in [0.2, 0.25) is 5.02 Å². The van der Waals surface area contributed by atoms with Gasteiger partial charge >= 0.3 is 0 Å². The second kappa shape index (κ2) is 6.87. The van der Waals surface area contributed by atoms with Crippen molar-refractivity contribution in [3.8, 4) is 0 Å². The average Bonchev–Trinajstić information content (AvgIpc) is 3.03. The molecule has 1 atom stereocenters. The minimum Gasteiger partial charge on any atom is -1.00 e. The highest BCUT2D eigenvalue weighted by Crippen LogP contribution is 2.30. The second-order valence-corrected chi connectivity index (χ2v) is 6.33. The van der Waals surface area contributed by atoms with Crippen molar-refractivity contribution >= 4 is 34.6 Å². The van der Waals surface area contributed by atoms with E-state index in [1.165, 1.54) is 0 Å². The maximum Gasteiger partial charge on any atom is 0.174 e. The van der Waals surface area contributed by atoms with E-state index in [4.69, 9.17) is 16.0 Å². The summed E-state index contributed by atoms with van der Waals surface area (Å²) in [7, 11) is 0. The third-order valence-electron chi connectivity index (χ3n) is 3.81. The third kappa shape index (κ3) is 3.50. The predicted octanol–water partition coefficient (Wildman–Crippen LogP) is 0.0708. The van der Waals surface area contributed by atoms with Crippen molar-refractivity contribution in [2.24, 2.45) is 5.10 Å². The molecule has 23 heavy (non-hydrogen) atoms. The molecule has 0 amide bonds. The lowest BCUT2D eigenvalue weighted by atomic mass is 10.1. The molecule has 122 valence electrons. The number of carbonyl (C=O) groups excluding carboxylic acids is 1. The van der Waals surface area contributed by atoms with Crippen LogP contribution in [0.25, 0.3) is 11.0 Å². The van der Waals surface area contributed by atoms with Gasteiger partial charge in [0.15, 0.2) is 12.0 Å². The highest BCUT2D eigenvalue weighted by molar-refractivity contribution is 6.34. The average molecular weight is 353 g/mol. The van der Waals surface area contributed by atoms with E-state index in [0.717, 1.165) is 39.3 Å². The summed E-state index contributed by atoms with van der Waals surface area (Å²) in [5, 5.41) is 6.92. The summed E-state index contributed by atoms with van der Waals surface area (Å²) < 4.78 is 6.00. The molecule has 0 saturated heterocycles. The van der Waals surface area contributed by atoms with Gasteiger partial charge in [0.25, 0.3) is 0 Å². The lowest BCUT2D eigenvalue weighted by molar-refractivity contribution is -0.879. The number of rotatable bonds is 4. The zero-order valence-electron chi connectivity index (χ0n) is 13.2. The molecule has 6 heteroatoms. The van der Waals surface area contributed by atoms with Crippen LogP contribution in [0, 0.1) is 0 Å². The Morgan fingerprint density at radius 1 is 1.35 bits per heavy atom. The van der Waals surface area contributed by atoms with Crippen molar-refractivity contribution in [2.75, 3.05) is 0 Å². The van der Waals surface area contributed by atoms with Gasteiger partial charge in [0.2, 0.25) is 0 Å². The molecule has 0 fully saturated rings. The molecule has 0 aliphatic carbocycles. The van der Waals surface area contributed by atoms with Crippen molar-refractivity contribution in [2.45, 2.75) is 33.2 Å². The Kier molecular flexibility index (Phi) is 5.30. The van der Waals surface area contributed by atoms with Gasteiger partial charge in [0, 0.05) is 29.3 Å². The second-order valence-electron chi connectivity index (χ2n) is 5.89. The summed E-state index contributed by atoms with van der Waals surface area (Å²) in [5.74, 6) is 1.26. The van der Waals surface area contributed by atoms with Crippen LogP contribution in [-0.2, 0) is 11.3 Å². The quantitative estimate of drug-likeness (QED) is 0.791. The van der Waals surface area contributed by atoms with Gasteiger partial charge in [0.1, 0.15) is 23.6 Å². The first-order chi connectivity index (χ1) is 10.5. The highest BCUT2D eigenvalue weighted by atomic mass is 35.5. The van der Waals surface area contributed by atoms with Gasteiger partial charge in [-0.25, -0.2) is 0 Å². The number of benzene rings is 1. The summed E-state index contributed by atoms with van der Waals surface area (Å²) in [6.07, 6.45) is 2.57. The van der Waals surface area contributed by atoms with Gasteiger partial charge in [-0.3, -0.25) is 4.79 Å². The van der Waals surface area contributed by atoms with Crippen LogP contribution in [0.1, 0.15) is 38.0 Å². The maximum atomic E-state index is 10.9. The Morgan fingerprint density at radius 3 is 2.70 bits per heavy atom. The molecule has 1 aromatic carbocycles. The topological polar surface area (TPSA) is 47.0 Å². The van der Waals surface area contributed by atoms with E-state index < -0.39 is 0 Å². The van der Waals surface area contributed by atoms with Gasteiger partial charge in [-0.1, -0.05) is 30.5 Å². The summed E-state index contributed by atoms with van der Waals surface area (Å²) in [6, 6.07) is 5.86. The van der Waals surface area contributed by atoms with Crippen LogP contribution in [-0.4, -0.2) is 12.0 Å². The molecule has 1 aromatic heterocycles. The molecule has 0 spiro atoms. The van der Waals surface area contributed by atoms with E-state index in [0.29, 0.717) is 23.2 Å². The molecular weight excluding hydrogens is 335 g/mol. The molecule has 3 rings (SSSR count). The lowest BCUT2D eigenvalue weighted by Crippen LogP contribution is -3.02. The molecular formula is C17H18Cl2N2O2. The monoisotopic (exact) mass is 352 g/mol. The number of hydrogen-bond acceptors (Lipinski definition) is 3. The van der Waals surface area contributed by atoms with Crippen LogP contribution in [0.4, 0.5) is 0 Å². The Morgan fingerprint density at radius 2 is 2.09 bits per heavy atom. The largest absolute Gasteiger partial charge is 1.00 e. The third-order valence-corrected chi connectivity index (χ3v) is 4.03. The molecule has 0 radical (unpaired) electrons. The predicted molar refractivity (Wildman–Crippen MR) is 87.2 cm³/mol. The fourth-order valence-electron chi connectivity index (χ4n) is 2.62. The van der Waals surface area contributed by atoms with E-state index in [9.17, 15) is 4.79 Å². The van der Waals surface area contributed by atoms with Gasteiger partial charge in [-0.2, -0.15) is 5.01 Å². The number of nitrogens with one attached hydrogen (secondary N) is 1. The Balaban J connectivity index is 0.00000192. The summed E-state index contributed by atoms with van der Waals surface area (Å²) in [4.78, 5) is 10.9. The van der Waals surface area contributed by atoms with E-state index in [2.05, 4.69) is 18.9 Å². The van der Waals surface area contributed by atoms with Crippen LogP contribution >= 0.6 is 11.6 Å². The van der Waals surface area contributed by atoms with Crippen LogP contribution in [0.15, 0.2) is 39.5 Å². The number of quaternary nitrogens is 1. The van der Waals surface area contributed by atoms with E-state index in [-0.39, 0.29) is 12.4 Å². The normalized spacial score (nSPS) is 17.2. The molecule has 1 aliphatic heterocycles. The van der Waals surface area contributed by atoms with E-state index in [1.807, 2.05) is 25.1 Å². The number of fused-ring (bicyclic) bond motifs is 1. The first-order valence-electron chi connectivity index (χ1n) is 7.28. The Bertz CT molecular complexity index is 806. The molecule has 2 aromatic rings. The first kappa shape index (κ1) is 17.7. The molecule has 1 unspecified atom stereocenters. The number of hydrogen-bond donors (Lipinski definition) is 1. The highest BCUT2D eigenvalue weighted by Gasteiger charge is 2.22. The van der Waals surface area contributed by atoms with Crippen LogP contribution < -0.4 is 17.4 Å². The van der Waals surface area contributed by atoms with E-state index in [1.54, 1.807) is 6.08 Å². The van der Waals surface area contributed by atoms with Gasteiger partial charge in [0.05, 0.1) is 5.56 Å². The van der Waals surface area contributed by atoms with Crippen LogP contribution in [0.3, 0.4) is 0 Å². The fraction of sp³-hybridized carbons (Fsp3) is 0.294. The minimum absolute atomic E-state index is 0. The first-order valence-corrected chi connectivity index (χ1v) is 7.66. The van der Waals surface area contributed by atoms with E-state index >= 15 is 0 Å². The SMILES string of the molecule is CC1=CC(C=O)=N[NH+]1Cc1cc(Cl)cc2cc(C(C)C)oc12.[Cl-]. The van der Waals surface area contributed by atoms with Crippen molar-refractivity contribution < 1.29 is 26.6 Å². The summed E-state index contributed by atoms with van der Waals surface area (Å²) in [6.45, 7) is 6.75. The molecule has 1 N–H and O–H groups in total. The molecule has 4 nitrogen and oxygen atoms in total. The zero-order chi connectivity index (χ0) is 15.9. The van der Waals surface area contributed by atoms with Crippen molar-refractivity contribution in [1.82, 2.24) is 0 Å². The Hall–Kier alpha value is -1.62. The van der Waals surface area contributed by atoms with Crippen molar-refractivity contribution in [3.63, 3.8) is 0 Å². The zero-order valence-corrected chi connectivity index (χ0v) is 14.7.